The van der Waals surface area contributed by atoms with E-state index in [0.29, 0.717) is 6.42 Å². The fraction of sp³-hybridized carbons (Fsp3) is 0.300. The van der Waals surface area contributed by atoms with Gasteiger partial charge in [-0.3, -0.25) is 0 Å². The first-order chi connectivity index (χ1) is 5.74. The molecule has 0 aliphatic heterocycles. The smallest absolute Gasteiger partial charge is 0.384 e. The predicted octanol–water partition coefficient (Wildman–Crippen LogP) is 1.68. The van der Waals surface area contributed by atoms with Crippen molar-refractivity contribution in [2.24, 2.45) is 0 Å². The highest BCUT2D eigenvalue weighted by Crippen LogP contribution is 2.00. The first-order valence-electron chi connectivity index (χ1n) is 3.61. The first-order valence-corrected chi connectivity index (χ1v) is 3.61. The van der Waals surface area contributed by atoms with E-state index in [1.54, 1.807) is 19.1 Å². The Labute approximate surface area is 72.9 Å². The summed E-state index contributed by atoms with van der Waals surface area (Å²) in [6.45, 7) is 8.63. The van der Waals surface area contributed by atoms with E-state index in [2.05, 4.69) is 25.0 Å². The molecule has 0 aromatic carbocycles. The fourth-order valence-electron chi connectivity index (χ4n) is 0.626. The highest BCUT2D eigenvalue weighted by Gasteiger charge is 2.05. The number of ether oxygens (including phenoxy) is 1. The van der Waals surface area contributed by atoms with E-state index in [1.165, 1.54) is 0 Å². The molecule has 1 atom stereocenters. The van der Waals surface area contributed by atoms with Crippen LogP contribution in [0.3, 0.4) is 0 Å². The molecular weight excluding hydrogens is 152 g/mol. The molecule has 0 aromatic heterocycles. The number of rotatable bonds is 4. The van der Waals surface area contributed by atoms with Gasteiger partial charge in [0.15, 0.2) is 0 Å². The molecule has 1 unspecified atom stereocenters. The molecule has 0 rings (SSSR count). The van der Waals surface area contributed by atoms with Crippen LogP contribution in [0.1, 0.15) is 13.3 Å². The van der Waals surface area contributed by atoms with Crippen molar-refractivity contribution in [2.75, 3.05) is 0 Å². The summed E-state index contributed by atoms with van der Waals surface area (Å²) in [6.07, 6.45) is 3.48. The third kappa shape index (κ3) is 4.35. The van der Waals surface area contributed by atoms with Crippen molar-refractivity contribution in [3.63, 3.8) is 0 Å². The van der Waals surface area contributed by atoms with E-state index < -0.39 is 5.97 Å². The number of esters is 1. The molecule has 0 saturated carbocycles. The van der Waals surface area contributed by atoms with Crippen molar-refractivity contribution < 1.29 is 9.53 Å². The summed E-state index contributed by atoms with van der Waals surface area (Å²) in [5, 5.41) is 0. The molecule has 0 aliphatic carbocycles. The third-order valence-corrected chi connectivity index (χ3v) is 1.15. The quantitative estimate of drug-likeness (QED) is 0.273. The summed E-state index contributed by atoms with van der Waals surface area (Å²) in [5.41, 5.74) is 0. The summed E-state index contributed by atoms with van der Waals surface area (Å²) < 4.78 is 4.88. The lowest BCUT2D eigenvalue weighted by atomic mass is 10.2. The van der Waals surface area contributed by atoms with Gasteiger partial charge in [0.05, 0.1) is 0 Å². The van der Waals surface area contributed by atoms with E-state index in [9.17, 15) is 4.79 Å². The van der Waals surface area contributed by atoms with Crippen LogP contribution in [0.25, 0.3) is 0 Å². The van der Waals surface area contributed by atoms with Crippen LogP contribution in [-0.4, -0.2) is 12.1 Å². The Hall–Kier alpha value is -1.49. The molecule has 64 valence electrons. The Morgan fingerprint density at radius 2 is 2.33 bits per heavy atom. The normalized spacial score (nSPS) is 10.4. The molecule has 0 N–H and O–H groups in total. The van der Waals surface area contributed by atoms with E-state index in [0.717, 1.165) is 0 Å². The van der Waals surface area contributed by atoms with Crippen molar-refractivity contribution in [1.82, 2.24) is 0 Å². The zero-order valence-corrected chi connectivity index (χ0v) is 7.17. The van der Waals surface area contributed by atoms with Crippen LogP contribution < -0.4 is 0 Å². The highest BCUT2D eigenvalue weighted by atomic mass is 16.5. The van der Waals surface area contributed by atoms with Crippen LogP contribution in [0.5, 0.6) is 0 Å². The first kappa shape index (κ1) is 10.5. The maximum Gasteiger partial charge on any atom is 0.384 e. The molecule has 0 aromatic rings. The van der Waals surface area contributed by atoms with E-state index >= 15 is 0 Å². The lowest BCUT2D eigenvalue weighted by Crippen LogP contribution is -2.13. The van der Waals surface area contributed by atoms with E-state index in [4.69, 9.17) is 4.74 Å². The Kier molecular flexibility index (Phi) is 5.46. The summed E-state index contributed by atoms with van der Waals surface area (Å²) in [7, 11) is 0. The van der Waals surface area contributed by atoms with Gasteiger partial charge in [0.1, 0.15) is 6.10 Å². The number of hydrogen-bond acceptors (Lipinski definition) is 2. The maximum atomic E-state index is 10.8. The summed E-state index contributed by atoms with van der Waals surface area (Å²) in [6, 6.07) is 0. The number of hydrogen-bond donors (Lipinski definition) is 0. The van der Waals surface area contributed by atoms with Crippen LogP contribution in [0.15, 0.2) is 25.3 Å². The zero-order chi connectivity index (χ0) is 9.40. The maximum absolute atomic E-state index is 10.8. The van der Waals surface area contributed by atoms with Crippen molar-refractivity contribution in [1.29, 1.82) is 0 Å². The Morgan fingerprint density at radius 1 is 1.67 bits per heavy atom. The Balaban J connectivity index is 3.98. The minimum absolute atomic E-state index is 0.309. The van der Waals surface area contributed by atoms with Gasteiger partial charge in [0.25, 0.3) is 0 Å². The molecule has 0 saturated heterocycles. The second-order valence-corrected chi connectivity index (χ2v) is 2.08. The fourth-order valence-corrected chi connectivity index (χ4v) is 0.626. The van der Waals surface area contributed by atoms with Crippen LogP contribution >= 0.6 is 0 Å². The number of carbonyl (C=O) groups excluding carboxylic acids is 1. The molecule has 0 radical (unpaired) electrons. The van der Waals surface area contributed by atoms with Crippen molar-refractivity contribution >= 4 is 5.97 Å². The van der Waals surface area contributed by atoms with E-state index in [-0.39, 0.29) is 6.10 Å². The average Bonchev–Trinajstić information content (AvgIpc) is 2.04. The topological polar surface area (TPSA) is 26.3 Å². The average molecular weight is 164 g/mol. The molecule has 0 aliphatic rings. The molecule has 2 heteroatoms. The van der Waals surface area contributed by atoms with Gasteiger partial charge in [-0.25, -0.2) is 4.79 Å². The Morgan fingerprint density at radius 3 is 2.75 bits per heavy atom. The predicted molar refractivity (Wildman–Crippen MR) is 48.3 cm³/mol. The van der Waals surface area contributed by atoms with Crippen LogP contribution in [0.4, 0.5) is 0 Å². The summed E-state index contributed by atoms with van der Waals surface area (Å²) in [5.74, 6) is 4.21. The van der Waals surface area contributed by atoms with Gasteiger partial charge in [0.2, 0.25) is 0 Å². The van der Waals surface area contributed by atoms with Crippen LogP contribution in [0, 0.1) is 11.8 Å². The van der Waals surface area contributed by atoms with Gasteiger partial charge >= 0.3 is 5.97 Å². The van der Waals surface area contributed by atoms with Gasteiger partial charge < -0.3 is 4.74 Å². The second kappa shape index (κ2) is 6.23. The molecule has 0 bridgehead atoms. The standard InChI is InChI=1S/C10H12O2/c1-4-7-9(6-3)12-10(11)8-5-2/h4,6,9H,1,3,7H2,2H3. The van der Waals surface area contributed by atoms with Crippen molar-refractivity contribution in [2.45, 2.75) is 19.4 Å². The van der Waals surface area contributed by atoms with Crippen molar-refractivity contribution in [3.8, 4) is 11.8 Å². The zero-order valence-electron chi connectivity index (χ0n) is 7.17. The minimum Gasteiger partial charge on any atom is -0.448 e. The molecule has 0 heterocycles. The molecule has 0 fully saturated rings. The molecular formula is C10H12O2. The van der Waals surface area contributed by atoms with E-state index in [1.807, 2.05) is 0 Å². The minimum atomic E-state index is -0.524. The molecule has 0 spiro atoms. The van der Waals surface area contributed by atoms with Gasteiger partial charge in [-0.1, -0.05) is 24.7 Å². The SMILES string of the molecule is C=CCC(C=C)OC(=O)C#CC. The monoisotopic (exact) mass is 164 g/mol. The van der Waals surface area contributed by atoms with Gasteiger partial charge in [-0.05, 0) is 6.92 Å². The van der Waals surface area contributed by atoms with Gasteiger partial charge in [-0.15, -0.1) is 6.58 Å². The second-order valence-electron chi connectivity index (χ2n) is 2.08. The largest absolute Gasteiger partial charge is 0.448 e. The lowest BCUT2D eigenvalue weighted by molar-refractivity contribution is -0.139. The van der Waals surface area contributed by atoms with Crippen LogP contribution in [0.2, 0.25) is 0 Å². The van der Waals surface area contributed by atoms with Crippen molar-refractivity contribution in [3.05, 3.63) is 25.3 Å². The molecule has 2 nitrogen and oxygen atoms in total. The molecule has 12 heavy (non-hydrogen) atoms. The van der Waals surface area contributed by atoms with Gasteiger partial charge in [0, 0.05) is 12.3 Å². The highest BCUT2D eigenvalue weighted by molar-refractivity contribution is 5.88. The van der Waals surface area contributed by atoms with Crippen LogP contribution in [-0.2, 0) is 9.53 Å². The number of carbonyl (C=O) groups is 1. The van der Waals surface area contributed by atoms with Gasteiger partial charge in [-0.2, -0.15) is 0 Å². The lowest BCUT2D eigenvalue weighted by Gasteiger charge is -2.08. The summed E-state index contributed by atoms with van der Waals surface area (Å²) in [4.78, 5) is 10.8. The third-order valence-electron chi connectivity index (χ3n) is 1.15. The molecule has 0 amide bonds. The summed E-state index contributed by atoms with van der Waals surface area (Å²) >= 11 is 0. The Bertz CT molecular complexity index is 230.